The van der Waals surface area contributed by atoms with Crippen LogP contribution in [0.15, 0.2) is 59.4 Å². The van der Waals surface area contributed by atoms with E-state index in [0.29, 0.717) is 6.04 Å². The van der Waals surface area contributed by atoms with Gasteiger partial charge in [-0.1, -0.05) is 6.07 Å². The number of hydroxylamine groups is 1. The smallest absolute Gasteiger partial charge is 0.267 e. The average Bonchev–Trinajstić information content (AvgIpc) is 3.36. The van der Waals surface area contributed by atoms with Gasteiger partial charge in [0.2, 0.25) is 0 Å². The Bertz CT molecular complexity index is 981. The molecule has 1 fully saturated rings. The molecular weight excluding hydrogens is 356 g/mol. The van der Waals surface area contributed by atoms with E-state index in [4.69, 9.17) is 9.62 Å². The molecule has 7 nitrogen and oxygen atoms in total. The van der Waals surface area contributed by atoms with E-state index >= 15 is 0 Å². The molecule has 2 aromatic heterocycles. The first-order valence-corrected chi connectivity index (χ1v) is 9.23. The van der Waals surface area contributed by atoms with E-state index < -0.39 is 5.91 Å². The number of anilines is 1. The zero-order valence-corrected chi connectivity index (χ0v) is 15.3. The van der Waals surface area contributed by atoms with E-state index in [0.717, 1.165) is 48.4 Å². The number of carbonyl (C=O) groups is 1. The summed E-state index contributed by atoms with van der Waals surface area (Å²) in [5, 5.41) is 13.1. The van der Waals surface area contributed by atoms with Gasteiger partial charge >= 0.3 is 0 Å². The van der Waals surface area contributed by atoms with Gasteiger partial charge in [-0.3, -0.25) is 14.9 Å². The largest absolute Gasteiger partial charge is 0.464 e. The van der Waals surface area contributed by atoms with Crippen LogP contribution >= 0.6 is 0 Å². The number of hydrogen-bond acceptors (Lipinski definition) is 6. The summed E-state index contributed by atoms with van der Waals surface area (Å²) >= 11 is 0. The van der Waals surface area contributed by atoms with E-state index in [-0.39, 0.29) is 0 Å². The van der Waals surface area contributed by atoms with Gasteiger partial charge < -0.3 is 9.73 Å². The minimum Gasteiger partial charge on any atom is -0.464 e. The molecule has 144 valence electrons. The molecule has 1 aliphatic heterocycles. The van der Waals surface area contributed by atoms with Crippen molar-refractivity contribution in [3.05, 3.63) is 66.1 Å². The third-order valence-electron chi connectivity index (χ3n) is 4.87. The van der Waals surface area contributed by atoms with Crippen LogP contribution in [0.3, 0.4) is 0 Å². The lowest BCUT2D eigenvalue weighted by molar-refractivity contribution is -0.124. The van der Waals surface area contributed by atoms with Crippen LogP contribution in [0.25, 0.3) is 17.0 Å². The van der Waals surface area contributed by atoms with Crippen molar-refractivity contribution < 1.29 is 14.4 Å². The molecule has 3 aromatic rings. The standard InChI is InChI=1S/C21H22N4O3/c26-21(24-27)6-3-15-2-5-20(22-12-15)23-18-7-9-25(14-18)13-16-1-4-19-17(11-16)8-10-28-19/h1-6,8,10-12,18,27H,7,9,13-14H2,(H,22,23)(H,24,26)/t18-/m1/s1. The number of nitrogens with one attached hydrogen (secondary N) is 2. The molecule has 28 heavy (non-hydrogen) atoms. The van der Waals surface area contributed by atoms with Gasteiger partial charge in [-0.05, 0) is 54.0 Å². The average molecular weight is 378 g/mol. The normalized spacial score (nSPS) is 17.4. The second-order valence-corrected chi connectivity index (χ2v) is 6.94. The molecule has 1 amide bonds. The van der Waals surface area contributed by atoms with Crippen LogP contribution in [0.1, 0.15) is 17.5 Å². The van der Waals surface area contributed by atoms with Crippen LogP contribution in [0.2, 0.25) is 0 Å². The van der Waals surface area contributed by atoms with Gasteiger partial charge in [-0.2, -0.15) is 0 Å². The Balaban J connectivity index is 1.30. The lowest BCUT2D eigenvalue weighted by atomic mass is 10.1. The quantitative estimate of drug-likeness (QED) is 0.347. The van der Waals surface area contributed by atoms with Crippen molar-refractivity contribution in [2.75, 3.05) is 18.4 Å². The number of furan rings is 1. The molecule has 3 N–H and O–H groups in total. The Hall–Kier alpha value is -3.16. The van der Waals surface area contributed by atoms with Gasteiger partial charge in [0, 0.05) is 43.3 Å². The number of nitrogens with zero attached hydrogens (tertiary/aromatic N) is 2. The molecule has 0 spiro atoms. The first kappa shape index (κ1) is 18.2. The van der Waals surface area contributed by atoms with Crippen LogP contribution in [0.5, 0.6) is 0 Å². The van der Waals surface area contributed by atoms with Crippen LogP contribution in [-0.2, 0) is 11.3 Å². The maximum Gasteiger partial charge on any atom is 0.267 e. The monoisotopic (exact) mass is 378 g/mol. The SMILES string of the molecule is O=C(C=Cc1ccc(N[C@@H]2CCN(Cc3ccc4occc4c3)C2)nc1)NO. The summed E-state index contributed by atoms with van der Waals surface area (Å²) in [4.78, 5) is 17.8. The number of amides is 1. The predicted molar refractivity (Wildman–Crippen MR) is 107 cm³/mol. The third kappa shape index (κ3) is 4.39. The highest BCUT2D eigenvalue weighted by Crippen LogP contribution is 2.21. The van der Waals surface area contributed by atoms with Crippen LogP contribution in [0.4, 0.5) is 5.82 Å². The molecule has 0 radical (unpaired) electrons. The minimum absolute atomic E-state index is 0.353. The number of rotatable bonds is 6. The molecule has 0 saturated carbocycles. The Morgan fingerprint density at radius 1 is 1.32 bits per heavy atom. The molecule has 1 aromatic carbocycles. The Labute approximate surface area is 162 Å². The first-order valence-electron chi connectivity index (χ1n) is 9.23. The van der Waals surface area contributed by atoms with E-state index in [9.17, 15) is 4.79 Å². The second kappa shape index (κ2) is 8.24. The van der Waals surface area contributed by atoms with Crippen LogP contribution < -0.4 is 10.8 Å². The van der Waals surface area contributed by atoms with Gasteiger partial charge in [0.25, 0.3) is 5.91 Å². The van der Waals surface area contributed by atoms with Gasteiger partial charge in [-0.15, -0.1) is 0 Å². The molecule has 0 unspecified atom stereocenters. The van der Waals surface area contributed by atoms with E-state index in [2.05, 4.69) is 27.3 Å². The summed E-state index contributed by atoms with van der Waals surface area (Å²) in [7, 11) is 0. The van der Waals surface area contributed by atoms with E-state index in [1.807, 2.05) is 24.3 Å². The molecule has 7 heteroatoms. The number of fused-ring (bicyclic) bond motifs is 1. The zero-order chi connectivity index (χ0) is 19.3. The van der Waals surface area contributed by atoms with Crippen molar-refractivity contribution in [1.29, 1.82) is 0 Å². The summed E-state index contributed by atoms with van der Waals surface area (Å²) in [6.07, 6.45) is 7.32. The van der Waals surface area contributed by atoms with Crippen LogP contribution in [-0.4, -0.2) is 40.1 Å². The highest BCUT2D eigenvalue weighted by Gasteiger charge is 2.22. The number of aromatic nitrogens is 1. The lowest BCUT2D eigenvalue weighted by Gasteiger charge is -2.17. The third-order valence-corrected chi connectivity index (χ3v) is 4.87. The van der Waals surface area contributed by atoms with Crippen molar-refractivity contribution in [2.24, 2.45) is 0 Å². The van der Waals surface area contributed by atoms with Crippen molar-refractivity contribution in [2.45, 2.75) is 19.0 Å². The number of benzene rings is 1. The maximum atomic E-state index is 11.0. The summed E-state index contributed by atoms with van der Waals surface area (Å²) in [5.41, 5.74) is 4.55. The Morgan fingerprint density at radius 3 is 3.07 bits per heavy atom. The molecular formula is C21H22N4O3. The molecule has 1 saturated heterocycles. The molecule has 0 bridgehead atoms. The Kier molecular flexibility index (Phi) is 5.36. The Morgan fingerprint density at radius 2 is 2.25 bits per heavy atom. The number of likely N-dealkylation sites (tertiary alicyclic amines) is 1. The van der Waals surface area contributed by atoms with Gasteiger partial charge in [0.15, 0.2) is 0 Å². The summed E-state index contributed by atoms with van der Waals surface area (Å²) < 4.78 is 5.40. The number of pyridine rings is 1. The van der Waals surface area contributed by atoms with Gasteiger partial charge in [0.1, 0.15) is 11.4 Å². The minimum atomic E-state index is -0.569. The lowest BCUT2D eigenvalue weighted by Crippen LogP contribution is -2.26. The fraction of sp³-hybridized carbons (Fsp3) is 0.238. The zero-order valence-electron chi connectivity index (χ0n) is 15.3. The van der Waals surface area contributed by atoms with Gasteiger partial charge in [0.05, 0.1) is 6.26 Å². The highest BCUT2D eigenvalue weighted by molar-refractivity contribution is 5.90. The molecule has 1 atom stereocenters. The second-order valence-electron chi connectivity index (χ2n) is 6.94. The maximum absolute atomic E-state index is 11.0. The van der Waals surface area contributed by atoms with Crippen molar-refractivity contribution in [3.63, 3.8) is 0 Å². The van der Waals surface area contributed by atoms with Gasteiger partial charge in [-0.25, -0.2) is 10.5 Å². The molecule has 0 aliphatic carbocycles. The first-order chi connectivity index (χ1) is 13.7. The van der Waals surface area contributed by atoms with Crippen LogP contribution in [0, 0.1) is 0 Å². The van der Waals surface area contributed by atoms with Crippen molar-refractivity contribution >= 4 is 28.8 Å². The van der Waals surface area contributed by atoms with E-state index in [1.165, 1.54) is 11.6 Å². The summed E-state index contributed by atoms with van der Waals surface area (Å²) in [6.45, 7) is 2.92. The van der Waals surface area contributed by atoms with Crippen molar-refractivity contribution in [3.8, 4) is 0 Å². The highest BCUT2D eigenvalue weighted by atomic mass is 16.5. The fourth-order valence-corrected chi connectivity index (χ4v) is 3.47. The summed E-state index contributed by atoms with van der Waals surface area (Å²) in [5.74, 6) is 0.246. The number of carbonyl (C=O) groups excluding carboxylic acids is 1. The predicted octanol–water partition coefficient (Wildman–Crippen LogP) is 3.03. The molecule has 4 rings (SSSR count). The van der Waals surface area contributed by atoms with E-state index in [1.54, 1.807) is 24.0 Å². The van der Waals surface area contributed by atoms with Crippen molar-refractivity contribution in [1.82, 2.24) is 15.4 Å². The number of hydrogen-bond donors (Lipinski definition) is 3. The molecule has 1 aliphatic rings. The topological polar surface area (TPSA) is 90.6 Å². The summed E-state index contributed by atoms with van der Waals surface area (Å²) in [6, 6.07) is 12.5. The molecule has 3 heterocycles. The fourth-order valence-electron chi connectivity index (χ4n) is 3.47.